The van der Waals surface area contributed by atoms with Gasteiger partial charge in [-0.25, -0.2) is 0 Å². The normalized spacial score (nSPS) is 16.0. The first kappa shape index (κ1) is 16.0. The van der Waals surface area contributed by atoms with Crippen molar-refractivity contribution in [3.63, 3.8) is 0 Å². The molecule has 0 atom stereocenters. The van der Waals surface area contributed by atoms with Crippen LogP contribution in [0.1, 0.15) is 43.5 Å². The molecule has 0 aliphatic carbocycles. The van der Waals surface area contributed by atoms with E-state index in [4.69, 9.17) is 0 Å². The molecule has 0 spiro atoms. The van der Waals surface area contributed by atoms with Gasteiger partial charge in [0.1, 0.15) is 0 Å². The number of aryl methyl sites for hydroxylation is 3. The van der Waals surface area contributed by atoms with Crippen molar-refractivity contribution < 1.29 is 4.79 Å². The summed E-state index contributed by atoms with van der Waals surface area (Å²) in [5.41, 5.74) is 2.27. The fraction of sp³-hybridized carbons (Fsp3) is 0.750. The molecule has 0 radical (unpaired) electrons. The lowest BCUT2D eigenvalue weighted by Gasteiger charge is -2.20. The van der Waals surface area contributed by atoms with Crippen LogP contribution in [0.5, 0.6) is 0 Å². The van der Waals surface area contributed by atoms with Gasteiger partial charge in [0.2, 0.25) is 5.91 Å². The van der Waals surface area contributed by atoms with Crippen LogP contribution in [0.4, 0.5) is 0 Å². The Morgan fingerprint density at radius 1 is 1.24 bits per heavy atom. The van der Waals surface area contributed by atoms with Crippen LogP contribution in [0, 0.1) is 13.8 Å². The topological polar surface area (TPSA) is 50.2 Å². The summed E-state index contributed by atoms with van der Waals surface area (Å²) in [6.07, 6.45) is 5.84. The number of amides is 1. The third-order valence-corrected chi connectivity index (χ3v) is 4.06. The number of nitrogens with one attached hydrogen (secondary N) is 1. The van der Waals surface area contributed by atoms with E-state index < -0.39 is 0 Å². The maximum atomic E-state index is 12.1. The molecule has 2 heterocycles. The van der Waals surface area contributed by atoms with Crippen LogP contribution >= 0.6 is 0 Å². The average molecular weight is 292 g/mol. The fourth-order valence-electron chi connectivity index (χ4n) is 2.88. The van der Waals surface area contributed by atoms with Crippen LogP contribution in [-0.2, 0) is 11.3 Å². The Morgan fingerprint density at radius 3 is 2.57 bits per heavy atom. The van der Waals surface area contributed by atoms with Gasteiger partial charge in [-0.2, -0.15) is 5.10 Å². The third-order valence-electron chi connectivity index (χ3n) is 4.06. The largest absolute Gasteiger partial charge is 0.342 e. The second-order valence-corrected chi connectivity index (χ2v) is 5.98. The molecular weight excluding hydrogens is 264 g/mol. The van der Waals surface area contributed by atoms with Crippen LogP contribution in [0.3, 0.4) is 0 Å². The van der Waals surface area contributed by atoms with Crippen LogP contribution in [0.2, 0.25) is 0 Å². The SMILES string of the molecule is Cc1cc(C)n(CCCNCC(=O)N2CCCCCC2)n1. The number of carbonyl (C=O) groups is 1. The Kier molecular flexibility index (Phi) is 6.23. The molecule has 1 N–H and O–H groups in total. The van der Waals surface area contributed by atoms with Gasteiger partial charge >= 0.3 is 0 Å². The van der Waals surface area contributed by atoms with Gasteiger partial charge in [-0.15, -0.1) is 0 Å². The van der Waals surface area contributed by atoms with E-state index in [1.165, 1.54) is 18.5 Å². The lowest BCUT2D eigenvalue weighted by atomic mass is 10.2. The first-order valence-electron chi connectivity index (χ1n) is 8.16. The molecular formula is C16H28N4O. The molecule has 1 fully saturated rings. The van der Waals surface area contributed by atoms with Gasteiger partial charge in [-0.05, 0) is 45.7 Å². The van der Waals surface area contributed by atoms with Crippen molar-refractivity contribution >= 4 is 5.91 Å². The van der Waals surface area contributed by atoms with Gasteiger partial charge < -0.3 is 10.2 Å². The zero-order valence-electron chi connectivity index (χ0n) is 13.4. The minimum absolute atomic E-state index is 0.253. The van der Waals surface area contributed by atoms with Crippen LogP contribution < -0.4 is 5.32 Å². The highest BCUT2D eigenvalue weighted by atomic mass is 16.2. The molecule has 1 aromatic heterocycles. The third kappa shape index (κ3) is 5.16. The van der Waals surface area contributed by atoms with Crippen molar-refractivity contribution in [2.45, 2.75) is 52.5 Å². The molecule has 0 aromatic carbocycles. The van der Waals surface area contributed by atoms with Gasteiger partial charge in [0, 0.05) is 25.3 Å². The highest BCUT2D eigenvalue weighted by Crippen LogP contribution is 2.09. The molecule has 21 heavy (non-hydrogen) atoms. The Morgan fingerprint density at radius 2 is 1.95 bits per heavy atom. The molecule has 1 saturated heterocycles. The molecule has 1 amide bonds. The van der Waals surface area contributed by atoms with E-state index in [2.05, 4.69) is 23.4 Å². The average Bonchev–Trinajstić information content (AvgIpc) is 2.69. The fourth-order valence-corrected chi connectivity index (χ4v) is 2.88. The standard InChI is InChI=1S/C16H28N4O/c1-14-12-15(2)20(18-14)11-7-8-17-13-16(21)19-9-5-3-4-6-10-19/h12,17H,3-11,13H2,1-2H3. The lowest BCUT2D eigenvalue weighted by Crippen LogP contribution is -2.39. The second-order valence-electron chi connectivity index (χ2n) is 5.98. The van der Waals surface area contributed by atoms with Crippen molar-refractivity contribution in [3.8, 4) is 0 Å². The molecule has 5 heteroatoms. The Balaban J connectivity index is 1.60. The number of aromatic nitrogens is 2. The maximum Gasteiger partial charge on any atom is 0.236 e. The van der Waals surface area contributed by atoms with E-state index in [0.717, 1.165) is 51.1 Å². The summed E-state index contributed by atoms with van der Waals surface area (Å²) >= 11 is 0. The van der Waals surface area contributed by atoms with Gasteiger partial charge in [-0.3, -0.25) is 9.48 Å². The number of rotatable bonds is 6. The summed E-state index contributed by atoms with van der Waals surface area (Å²) in [5.74, 6) is 0.253. The van der Waals surface area contributed by atoms with Crippen molar-refractivity contribution in [1.82, 2.24) is 20.0 Å². The molecule has 0 bridgehead atoms. The minimum atomic E-state index is 0.253. The highest BCUT2D eigenvalue weighted by Gasteiger charge is 2.14. The van der Waals surface area contributed by atoms with Gasteiger partial charge in [-0.1, -0.05) is 12.8 Å². The Bertz CT molecular complexity index is 447. The predicted octanol–water partition coefficient (Wildman–Crippen LogP) is 1.88. The van der Waals surface area contributed by atoms with Gasteiger partial charge in [0.15, 0.2) is 0 Å². The molecule has 1 aromatic rings. The molecule has 0 saturated carbocycles. The van der Waals surface area contributed by atoms with Gasteiger partial charge in [0.05, 0.1) is 12.2 Å². The van der Waals surface area contributed by atoms with E-state index in [0.29, 0.717) is 6.54 Å². The second kappa shape index (κ2) is 8.17. The van der Waals surface area contributed by atoms with E-state index in [1.54, 1.807) is 0 Å². The smallest absolute Gasteiger partial charge is 0.236 e. The highest BCUT2D eigenvalue weighted by molar-refractivity contribution is 5.78. The van der Waals surface area contributed by atoms with Crippen LogP contribution in [0.25, 0.3) is 0 Å². The van der Waals surface area contributed by atoms with Crippen molar-refractivity contribution in [1.29, 1.82) is 0 Å². The number of hydrogen-bond donors (Lipinski definition) is 1. The zero-order chi connectivity index (χ0) is 15.1. The van der Waals surface area contributed by atoms with Crippen molar-refractivity contribution in [3.05, 3.63) is 17.5 Å². The summed E-state index contributed by atoms with van der Waals surface area (Å²) in [6.45, 7) is 8.20. The summed E-state index contributed by atoms with van der Waals surface area (Å²) in [5, 5.41) is 7.71. The van der Waals surface area contributed by atoms with E-state index >= 15 is 0 Å². The first-order valence-corrected chi connectivity index (χ1v) is 8.16. The number of carbonyl (C=O) groups excluding carboxylic acids is 1. The maximum absolute atomic E-state index is 12.1. The van der Waals surface area contributed by atoms with E-state index in [9.17, 15) is 4.79 Å². The van der Waals surface area contributed by atoms with Crippen molar-refractivity contribution in [2.75, 3.05) is 26.2 Å². The molecule has 1 aliphatic rings. The minimum Gasteiger partial charge on any atom is -0.342 e. The predicted molar refractivity (Wildman–Crippen MR) is 84.2 cm³/mol. The molecule has 0 unspecified atom stereocenters. The summed E-state index contributed by atoms with van der Waals surface area (Å²) in [6, 6.07) is 2.09. The van der Waals surface area contributed by atoms with Crippen LogP contribution in [0.15, 0.2) is 6.07 Å². The van der Waals surface area contributed by atoms with E-state index in [-0.39, 0.29) is 5.91 Å². The molecule has 2 rings (SSSR count). The zero-order valence-corrected chi connectivity index (χ0v) is 13.4. The molecule has 5 nitrogen and oxygen atoms in total. The number of nitrogens with zero attached hydrogens (tertiary/aromatic N) is 3. The van der Waals surface area contributed by atoms with Crippen LogP contribution in [-0.4, -0.2) is 46.8 Å². The summed E-state index contributed by atoms with van der Waals surface area (Å²) in [7, 11) is 0. The van der Waals surface area contributed by atoms with Crippen molar-refractivity contribution in [2.24, 2.45) is 0 Å². The Labute approximate surface area is 127 Å². The molecule has 1 aliphatic heterocycles. The van der Waals surface area contributed by atoms with Gasteiger partial charge in [0.25, 0.3) is 0 Å². The molecule has 118 valence electrons. The first-order chi connectivity index (χ1) is 10.2. The number of hydrogen-bond acceptors (Lipinski definition) is 3. The quantitative estimate of drug-likeness (QED) is 0.815. The monoisotopic (exact) mass is 292 g/mol. The summed E-state index contributed by atoms with van der Waals surface area (Å²) in [4.78, 5) is 14.1. The summed E-state index contributed by atoms with van der Waals surface area (Å²) < 4.78 is 2.04. The lowest BCUT2D eigenvalue weighted by molar-refractivity contribution is -0.130. The Hall–Kier alpha value is -1.36. The van der Waals surface area contributed by atoms with E-state index in [1.807, 2.05) is 16.5 Å². The number of likely N-dealkylation sites (tertiary alicyclic amines) is 1.